The van der Waals surface area contributed by atoms with Gasteiger partial charge in [0.2, 0.25) is 17.5 Å². The van der Waals surface area contributed by atoms with E-state index < -0.39 is 41.9 Å². The van der Waals surface area contributed by atoms with Crippen molar-refractivity contribution in [3.05, 3.63) is 46.8 Å². The number of ether oxygens (including phenoxy) is 4. The topological polar surface area (TPSA) is 148 Å². The van der Waals surface area contributed by atoms with Gasteiger partial charge in [0.1, 0.15) is 41.3 Å². The lowest BCUT2D eigenvalue weighted by molar-refractivity contribution is -0.268. The number of para-hydroxylation sites is 1. The second kappa shape index (κ2) is 8.91. The third-order valence-electron chi connectivity index (χ3n) is 5.61. The number of phenolic OH excluding ortho intramolecular Hbond substituents is 1. The number of fused-ring (bicyclic) bond motifs is 1. The van der Waals surface area contributed by atoms with E-state index in [9.17, 15) is 25.2 Å². The number of benzene rings is 2. The standard InChI is InChI=1S/C23H24O10/c1-10-17(24)20(27)21(28)23(32-10)33-15-8-14-16(19(26)22(15)30-3)18(25)12(9-31-14)11-6-4-5-7-13(11)29-2/h4-10,17,20-21,23-24,26-28H,1-3H3/t10-,17-,20+,21+,23-/m0/s1. The smallest absolute Gasteiger partial charge is 0.229 e. The van der Waals surface area contributed by atoms with Crippen LogP contribution in [0.4, 0.5) is 0 Å². The molecule has 0 aliphatic carbocycles. The zero-order valence-electron chi connectivity index (χ0n) is 18.1. The molecule has 176 valence electrons. The molecule has 1 saturated heterocycles. The average Bonchev–Trinajstić information content (AvgIpc) is 2.81. The molecule has 1 aromatic heterocycles. The molecule has 0 saturated carbocycles. The molecular weight excluding hydrogens is 436 g/mol. The summed E-state index contributed by atoms with van der Waals surface area (Å²) in [5.74, 6) is -0.380. The lowest BCUT2D eigenvalue weighted by atomic mass is 10.00. The van der Waals surface area contributed by atoms with Gasteiger partial charge in [0.25, 0.3) is 0 Å². The zero-order chi connectivity index (χ0) is 23.9. The molecule has 0 unspecified atom stereocenters. The van der Waals surface area contributed by atoms with Crippen LogP contribution in [0, 0.1) is 0 Å². The van der Waals surface area contributed by atoms with Crippen LogP contribution in [0.2, 0.25) is 0 Å². The van der Waals surface area contributed by atoms with Crippen molar-refractivity contribution in [2.24, 2.45) is 0 Å². The molecule has 0 radical (unpaired) electrons. The van der Waals surface area contributed by atoms with Crippen molar-refractivity contribution in [2.45, 2.75) is 37.6 Å². The first kappa shape index (κ1) is 22.9. The molecule has 1 aliphatic heterocycles. The predicted octanol–water partition coefficient (Wildman–Crippen LogP) is 1.39. The minimum absolute atomic E-state index is 0.00845. The summed E-state index contributed by atoms with van der Waals surface area (Å²) in [6.45, 7) is 1.50. The van der Waals surface area contributed by atoms with E-state index in [1.54, 1.807) is 24.3 Å². The molecule has 2 aromatic carbocycles. The number of phenols is 1. The number of aliphatic hydroxyl groups is 3. The number of hydrogen-bond acceptors (Lipinski definition) is 10. The zero-order valence-corrected chi connectivity index (χ0v) is 18.1. The number of methoxy groups -OCH3 is 2. The monoisotopic (exact) mass is 460 g/mol. The van der Waals surface area contributed by atoms with Crippen LogP contribution in [0.3, 0.4) is 0 Å². The quantitative estimate of drug-likeness (QED) is 0.440. The summed E-state index contributed by atoms with van der Waals surface area (Å²) in [7, 11) is 2.74. The highest BCUT2D eigenvalue weighted by molar-refractivity contribution is 5.91. The van der Waals surface area contributed by atoms with Gasteiger partial charge in [-0.1, -0.05) is 18.2 Å². The van der Waals surface area contributed by atoms with E-state index in [1.807, 2.05) is 0 Å². The summed E-state index contributed by atoms with van der Waals surface area (Å²) in [6, 6.07) is 8.18. The Bertz CT molecular complexity index is 1220. The maximum atomic E-state index is 13.3. The maximum absolute atomic E-state index is 13.3. The molecule has 0 spiro atoms. The van der Waals surface area contributed by atoms with Gasteiger partial charge in [-0.2, -0.15) is 0 Å². The molecule has 0 amide bonds. The minimum Gasteiger partial charge on any atom is -0.504 e. The predicted molar refractivity (Wildman–Crippen MR) is 116 cm³/mol. The molecule has 0 bridgehead atoms. The molecule has 10 heteroatoms. The van der Waals surface area contributed by atoms with Crippen molar-refractivity contribution in [3.8, 4) is 34.1 Å². The number of aromatic hydroxyl groups is 1. The van der Waals surface area contributed by atoms with Crippen LogP contribution >= 0.6 is 0 Å². The van der Waals surface area contributed by atoms with Crippen molar-refractivity contribution in [1.29, 1.82) is 0 Å². The van der Waals surface area contributed by atoms with Gasteiger partial charge in [0.05, 0.1) is 25.9 Å². The van der Waals surface area contributed by atoms with Gasteiger partial charge in [-0.3, -0.25) is 4.79 Å². The second-order valence-electron chi connectivity index (χ2n) is 7.61. The van der Waals surface area contributed by atoms with Gasteiger partial charge in [-0.15, -0.1) is 0 Å². The van der Waals surface area contributed by atoms with Gasteiger partial charge in [0.15, 0.2) is 11.5 Å². The van der Waals surface area contributed by atoms with E-state index in [4.69, 9.17) is 23.4 Å². The SMILES string of the molecule is COc1ccccc1-c1coc2cc(O[C@@H]3O[C@@H](C)[C@H](O)[C@@H](O)[C@H]3O)c(OC)c(O)c2c1=O. The first-order chi connectivity index (χ1) is 15.8. The van der Waals surface area contributed by atoms with Crippen molar-refractivity contribution in [2.75, 3.05) is 14.2 Å². The van der Waals surface area contributed by atoms with E-state index in [2.05, 4.69) is 0 Å². The Morgan fingerprint density at radius 3 is 2.36 bits per heavy atom. The fourth-order valence-corrected chi connectivity index (χ4v) is 3.80. The lowest BCUT2D eigenvalue weighted by Gasteiger charge is -2.39. The third-order valence-corrected chi connectivity index (χ3v) is 5.61. The first-order valence-electron chi connectivity index (χ1n) is 10.1. The van der Waals surface area contributed by atoms with Crippen molar-refractivity contribution in [3.63, 3.8) is 0 Å². The Kier molecular flexibility index (Phi) is 6.17. The highest BCUT2D eigenvalue weighted by atomic mass is 16.7. The molecule has 33 heavy (non-hydrogen) atoms. The fraction of sp³-hybridized carbons (Fsp3) is 0.348. The van der Waals surface area contributed by atoms with Gasteiger partial charge in [0, 0.05) is 11.6 Å². The van der Waals surface area contributed by atoms with Gasteiger partial charge >= 0.3 is 0 Å². The molecule has 1 aliphatic rings. The van der Waals surface area contributed by atoms with Gasteiger partial charge in [-0.05, 0) is 13.0 Å². The van der Waals surface area contributed by atoms with Crippen LogP contribution in [0.1, 0.15) is 6.92 Å². The second-order valence-corrected chi connectivity index (χ2v) is 7.61. The molecular formula is C23H24O10. The maximum Gasteiger partial charge on any atom is 0.229 e. The van der Waals surface area contributed by atoms with Crippen LogP contribution < -0.4 is 19.6 Å². The number of rotatable bonds is 5. The summed E-state index contributed by atoms with van der Waals surface area (Å²) in [6.07, 6.45) is -5.39. The minimum atomic E-state index is -1.58. The summed E-state index contributed by atoms with van der Waals surface area (Å²) in [4.78, 5) is 13.3. The third kappa shape index (κ3) is 3.87. The van der Waals surface area contributed by atoms with Gasteiger partial charge < -0.3 is 43.8 Å². The van der Waals surface area contributed by atoms with E-state index in [0.717, 1.165) is 0 Å². The average molecular weight is 460 g/mol. The van der Waals surface area contributed by atoms with E-state index >= 15 is 0 Å². The van der Waals surface area contributed by atoms with Crippen molar-refractivity contribution < 1.29 is 43.8 Å². The summed E-state index contributed by atoms with van der Waals surface area (Å²) in [5, 5.41) is 40.8. The van der Waals surface area contributed by atoms with Gasteiger partial charge in [-0.25, -0.2) is 0 Å². The van der Waals surface area contributed by atoms with Crippen LogP contribution in [0.15, 0.2) is 45.8 Å². The molecule has 5 atom stereocenters. The fourth-order valence-electron chi connectivity index (χ4n) is 3.80. The molecule has 4 N–H and O–H groups in total. The number of aliphatic hydroxyl groups excluding tert-OH is 3. The highest BCUT2D eigenvalue weighted by Gasteiger charge is 2.43. The molecule has 2 heterocycles. The van der Waals surface area contributed by atoms with Crippen LogP contribution in [0.25, 0.3) is 22.1 Å². The van der Waals surface area contributed by atoms with Crippen molar-refractivity contribution in [1.82, 2.24) is 0 Å². The normalized spacial score (nSPS) is 25.1. The van der Waals surface area contributed by atoms with Crippen LogP contribution in [-0.4, -0.2) is 65.4 Å². The van der Waals surface area contributed by atoms with Crippen LogP contribution in [0.5, 0.6) is 23.0 Å². The molecule has 1 fully saturated rings. The first-order valence-corrected chi connectivity index (χ1v) is 10.1. The lowest BCUT2D eigenvalue weighted by Crippen LogP contribution is -2.58. The summed E-state index contributed by atoms with van der Waals surface area (Å²) >= 11 is 0. The van der Waals surface area contributed by atoms with E-state index in [-0.39, 0.29) is 28.0 Å². The molecule has 10 nitrogen and oxygen atoms in total. The highest BCUT2D eigenvalue weighted by Crippen LogP contribution is 2.43. The van der Waals surface area contributed by atoms with Crippen LogP contribution in [-0.2, 0) is 4.74 Å². The largest absolute Gasteiger partial charge is 0.504 e. The van der Waals surface area contributed by atoms with E-state index in [1.165, 1.54) is 33.5 Å². The summed E-state index contributed by atoms with van der Waals surface area (Å²) in [5.41, 5.74) is 0.118. The molecule has 3 aromatic rings. The Balaban J connectivity index is 1.81. The number of hydrogen-bond donors (Lipinski definition) is 4. The Hall–Kier alpha value is -3.31. The summed E-state index contributed by atoms with van der Waals surface area (Å²) < 4.78 is 27.3. The Labute approximate surface area is 188 Å². The Morgan fingerprint density at radius 1 is 0.939 bits per heavy atom. The van der Waals surface area contributed by atoms with Crippen molar-refractivity contribution >= 4 is 11.0 Å². The van der Waals surface area contributed by atoms with E-state index in [0.29, 0.717) is 11.3 Å². The Morgan fingerprint density at radius 2 is 1.67 bits per heavy atom. The molecule has 4 rings (SSSR count).